The van der Waals surface area contributed by atoms with E-state index in [9.17, 15) is 5.11 Å². The Labute approximate surface area is 215 Å². The number of aromatic nitrogens is 2. The summed E-state index contributed by atoms with van der Waals surface area (Å²) in [7, 11) is 1.74. The Bertz CT molecular complexity index is 1110. The number of hydrogen-bond donors (Lipinski definition) is 1. The summed E-state index contributed by atoms with van der Waals surface area (Å²) in [5, 5.41) is 15.7. The largest absolute Gasteiger partial charge is 0.508 e. The predicted octanol–water partition coefficient (Wildman–Crippen LogP) is 4.24. The molecular formula is C29H41N5O2. The molecule has 1 aromatic heterocycles. The maximum absolute atomic E-state index is 10.6. The number of ether oxygens (including phenoxy) is 1. The fourth-order valence-electron chi connectivity index (χ4n) is 4.99. The number of piperazine rings is 1. The molecule has 1 aliphatic heterocycles. The zero-order valence-corrected chi connectivity index (χ0v) is 22.3. The van der Waals surface area contributed by atoms with Crippen LogP contribution in [0.1, 0.15) is 36.2 Å². The van der Waals surface area contributed by atoms with Crippen molar-refractivity contribution in [1.82, 2.24) is 19.6 Å². The fourth-order valence-corrected chi connectivity index (χ4v) is 4.99. The van der Waals surface area contributed by atoms with Crippen LogP contribution in [0.2, 0.25) is 0 Å². The van der Waals surface area contributed by atoms with Gasteiger partial charge in [-0.1, -0.05) is 44.2 Å². The Morgan fingerprint density at radius 2 is 1.75 bits per heavy atom. The quantitative estimate of drug-likeness (QED) is 0.433. The molecule has 0 unspecified atom stereocenters. The van der Waals surface area contributed by atoms with Crippen molar-refractivity contribution in [2.45, 2.75) is 40.3 Å². The lowest BCUT2D eigenvalue weighted by atomic mass is 10.1. The highest BCUT2D eigenvalue weighted by atomic mass is 16.5. The number of hydrogen-bond acceptors (Lipinski definition) is 6. The molecule has 36 heavy (non-hydrogen) atoms. The van der Waals surface area contributed by atoms with E-state index in [4.69, 9.17) is 9.84 Å². The molecule has 0 aliphatic carbocycles. The SMILES string of the molecule is CCc1nn(-c2ccccc2)c(N2CCN(CC)CC2)c1CN(CCOC)Cc1ccc(C)cc1O. The van der Waals surface area contributed by atoms with Crippen molar-refractivity contribution in [3.63, 3.8) is 0 Å². The number of phenols is 1. The van der Waals surface area contributed by atoms with Crippen LogP contribution in [0.4, 0.5) is 5.82 Å². The first kappa shape index (κ1) is 26.2. The Morgan fingerprint density at radius 3 is 2.39 bits per heavy atom. The molecule has 2 aromatic carbocycles. The smallest absolute Gasteiger partial charge is 0.137 e. The van der Waals surface area contributed by atoms with Crippen molar-refractivity contribution >= 4 is 5.82 Å². The van der Waals surface area contributed by atoms with Gasteiger partial charge in [0.15, 0.2) is 0 Å². The molecule has 3 aromatic rings. The minimum Gasteiger partial charge on any atom is -0.508 e. The van der Waals surface area contributed by atoms with Gasteiger partial charge < -0.3 is 19.6 Å². The molecule has 1 saturated heterocycles. The van der Waals surface area contributed by atoms with Gasteiger partial charge in [-0.05, 0) is 43.7 Å². The van der Waals surface area contributed by atoms with Crippen molar-refractivity contribution in [2.24, 2.45) is 0 Å². The monoisotopic (exact) mass is 491 g/mol. The minimum atomic E-state index is 0.351. The van der Waals surface area contributed by atoms with E-state index in [0.29, 0.717) is 18.9 Å². The maximum atomic E-state index is 10.6. The normalized spacial score (nSPS) is 14.6. The standard InChI is InChI=1S/C29H41N5O2/c1-5-27-26(22-32(18-19-36-4)21-24-13-12-23(3)20-28(24)35)29(33-16-14-31(6-2)15-17-33)34(30-27)25-10-8-7-9-11-25/h7-13,20,35H,5-6,14-19,21-22H2,1-4H3. The molecule has 1 N–H and O–H groups in total. The summed E-state index contributed by atoms with van der Waals surface area (Å²) in [4.78, 5) is 7.38. The second-order valence-corrected chi connectivity index (χ2v) is 9.61. The van der Waals surface area contributed by atoms with E-state index < -0.39 is 0 Å². The van der Waals surface area contributed by atoms with E-state index in [2.05, 4.69) is 69.6 Å². The lowest BCUT2D eigenvalue weighted by molar-refractivity contribution is 0.139. The first-order valence-electron chi connectivity index (χ1n) is 13.2. The molecule has 0 atom stereocenters. The van der Waals surface area contributed by atoms with Crippen LogP contribution in [-0.4, -0.2) is 77.7 Å². The molecule has 0 radical (unpaired) electrons. The number of methoxy groups -OCH3 is 1. The van der Waals surface area contributed by atoms with Gasteiger partial charge in [-0.15, -0.1) is 0 Å². The van der Waals surface area contributed by atoms with E-state index in [1.807, 2.05) is 19.1 Å². The highest BCUT2D eigenvalue weighted by molar-refractivity contribution is 5.56. The summed E-state index contributed by atoms with van der Waals surface area (Å²) in [5.74, 6) is 1.55. The van der Waals surface area contributed by atoms with Crippen LogP contribution in [0.5, 0.6) is 5.75 Å². The number of likely N-dealkylation sites (N-methyl/N-ethyl adjacent to an activating group) is 1. The summed E-state index contributed by atoms with van der Waals surface area (Å²) in [6, 6.07) is 16.4. The van der Waals surface area contributed by atoms with Crippen LogP contribution in [-0.2, 0) is 24.2 Å². The molecule has 2 heterocycles. The van der Waals surface area contributed by atoms with Crippen LogP contribution in [0, 0.1) is 6.92 Å². The second kappa shape index (κ2) is 12.4. The second-order valence-electron chi connectivity index (χ2n) is 9.61. The van der Waals surface area contributed by atoms with E-state index in [1.165, 1.54) is 11.4 Å². The average Bonchev–Trinajstić information content (AvgIpc) is 3.27. The van der Waals surface area contributed by atoms with Crippen molar-refractivity contribution in [3.05, 3.63) is 70.9 Å². The van der Waals surface area contributed by atoms with Gasteiger partial charge in [0.1, 0.15) is 11.6 Å². The Hall–Kier alpha value is -2.87. The number of anilines is 1. The molecule has 0 spiro atoms. The van der Waals surface area contributed by atoms with E-state index in [0.717, 1.165) is 74.7 Å². The molecular weight excluding hydrogens is 450 g/mol. The highest BCUT2D eigenvalue weighted by Gasteiger charge is 2.27. The van der Waals surface area contributed by atoms with Crippen molar-refractivity contribution in [2.75, 3.05) is 57.9 Å². The molecule has 7 nitrogen and oxygen atoms in total. The molecule has 1 fully saturated rings. The predicted molar refractivity (Wildman–Crippen MR) is 146 cm³/mol. The van der Waals surface area contributed by atoms with Crippen molar-refractivity contribution < 1.29 is 9.84 Å². The average molecular weight is 492 g/mol. The van der Waals surface area contributed by atoms with Crippen LogP contribution < -0.4 is 4.90 Å². The molecule has 4 rings (SSSR count). The number of nitrogens with zero attached hydrogens (tertiary/aromatic N) is 5. The molecule has 7 heteroatoms. The molecule has 194 valence electrons. The lowest BCUT2D eigenvalue weighted by Crippen LogP contribution is -2.47. The van der Waals surface area contributed by atoms with E-state index in [-0.39, 0.29) is 0 Å². The molecule has 1 aliphatic rings. The first-order chi connectivity index (χ1) is 17.5. The van der Waals surface area contributed by atoms with Gasteiger partial charge >= 0.3 is 0 Å². The Balaban J connectivity index is 1.72. The third-order valence-electron chi connectivity index (χ3n) is 7.12. The van der Waals surface area contributed by atoms with Crippen LogP contribution in [0.15, 0.2) is 48.5 Å². The molecule has 0 amide bonds. The summed E-state index contributed by atoms with van der Waals surface area (Å²) >= 11 is 0. The molecule has 0 bridgehead atoms. The summed E-state index contributed by atoms with van der Waals surface area (Å²) < 4.78 is 7.60. The Kier molecular flexibility index (Phi) is 9.02. The van der Waals surface area contributed by atoms with Gasteiger partial charge in [0, 0.05) is 64.0 Å². The summed E-state index contributed by atoms with van der Waals surface area (Å²) in [5.41, 5.74) is 5.48. The number of benzene rings is 2. The summed E-state index contributed by atoms with van der Waals surface area (Å²) in [6.07, 6.45) is 0.866. The van der Waals surface area contributed by atoms with E-state index in [1.54, 1.807) is 7.11 Å². The number of aromatic hydroxyl groups is 1. The molecule has 0 saturated carbocycles. The zero-order valence-electron chi connectivity index (χ0n) is 22.3. The van der Waals surface area contributed by atoms with Gasteiger partial charge in [-0.3, -0.25) is 4.90 Å². The number of aryl methyl sites for hydroxylation is 2. The van der Waals surface area contributed by atoms with Crippen LogP contribution in [0.3, 0.4) is 0 Å². The van der Waals surface area contributed by atoms with Gasteiger partial charge in [-0.25, -0.2) is 4.68 Å². The number of rotatable bonds is 11. The maximum Gasteiger partial charge on any atom is 0.137 e. The van der Waals surface area contributed by atoms with E-state index >= 15 is 0 Å². The highest BCUT2D eigenvalue weighted by Crippen LogP contribution is 2.31. The number of phenolic OH excluding ortho intramolecular Hbond substituents is 1. The minimum absolute atomic E-state index is 0.351. The third kappa shape index (κ3) is 6.09. The van der Waals surface area contributed by atoms with Gasteiger partial charge in [0.05, 0.1) is 18.0 Å². The van der Waals surface area contributed by atoms with Gasteiger partial charge in [0.2, 0.25) is 0 Å². The van der Waals surface area contributed by atoms with Gasteiger partial charge in [0.25, 0.3) is 0 Å². The first-order valence-corrected chi connectivity index (χ1v) is 13.2. The Morgan fingerprint density at radius 1 is 1.00 bits per heavy atom. The van der Waals surface area contributed by atoms with Crippen molar-refractivity contribution in [1.29, 1.82) is 0 Å². The van der Waals surface area contributed by atoms with Crippen molar-refractivity contribution in [3.8, 4) is 11.4 Å². The van der Waals surface area contributed by atoms with Crippen LogP contribution >= 0.6 is 0 Å². The lowest BCUT2D eigenvalue weighted by Gasteiger charge is -2.36. The topological polar surface area (TPSA) is 57.0 Å². The zero-order chi connectivity index (χ0) is 25.5. The third-order valence-corrected chi connectivity index (χ3v) is 7.12. The van der Waals surface area contributed by atoms with Gasteiger partial charge in [-0.2, -0.15) is 5.10 Å². The summed E-state index contributed by atoms with van der Waals surface area (Å²) in [6.45, 7) is 14.4. The fraction of sp³-hybridized carbons (Fsp3) is 0.483. The van der Waals surface area contributed by atoms with Crippen LogP contribution in [0.25, 0.3) is 5.69 Å². The number of para-hydroxylation sites is 1.